The smallest absolute Gasteiger partial charge is 0.255 e. The van der Waals surface area contributed by atoms with Crippen LogP contribution in [0.3, 0.4) is 0 Å². The fourth-order valence-electron chi connectivity index (χ4n) is 3.75. The lowest BCUT2D eigenvalue weighted by Crippen LogP contribution is -2.28. The Morgan fingerprint density at radius 3 is 2.21 bits per heavy atom. The number of amides is 3. The molecular weight excluding hydrogens is 354 g/mol. The first-order valence-electron chi connectivity index (χ1n) is 9.69. The number of rotatable bonds is 5. The molecule has 1 N–H and O–H groups in total. The van der Waals surface area contributed by atoms with Crippen molar-refractivity contribution in [2.45, 2.75) is 32.2 Å². The summed E-state index contributed by atoms with van der Waals surface area (Å²) in [6, 6.07) is 14.9. The normalized spacial score (nSPS) is 16.7. The predicted molar refractivity (Wildman–Crippen MR) is 107 cm³/mol. The molecule has 144 valence electrons. The van der Waals surface area contributed by atoms with Gasteiger partial charge in [0.1, 0.15) is 0 Å². The SMILES string of the molecule is O=C(Nc1ccccc1N1CCCC1)c1ccc(CN2C(=O)CCC2=O)cc1. The van der Waals surface area contributed by atoms with Gasteiger partial charge in [0, 0.05) is 31.5 Å². The van der Waals surface area contributed by atoms with Crippen LogP contribution in [0.5, 0.6) is 0 Å². The maximum atomic E-state index is 12.7. The van der Waals surface area contributed by atoms with Gasteiger partial charge >= 0.3 is 0 Å². The second-order valence-corrected chi connectivity index (χ2v) is 7.24. The molecule has 6 nitrogen and oxygen atoms in total. The maximum absolute atomic E-state index is 12.7. The molecule has 0 aliphatic carbocycles. The number of anilines is 2. The lowest BCUT2D eigenvalue weighted by atomic mass is 10.1. The zero-order valence-corrected chi connectivity index (χ0v) is 15.7. The number of likely N-dealkylation sites (tertiary alicyclic amines) is 1. The van der Waals surface area contributed by atoms with E-state index in [2.05, 4.69) is 10.2 Å². The van der Waals surface area contributed by atoms with Crippen LogP contribution >= 0.6 is 0 Å². The van der Waals surface area contributed by atoms with Crippen molar-refractivity contribution in [1.82, 2.24) is 4.90 Å². The topological polar surface area (TPSA) is 69.7 Å². The molecule has 0 spiro atoms. The molecule has 0 bridgehead atoms. The minimum atomic E-state index is -0.175. The Balaban J connectivity index is 1.44. The van der Waals surface area contributed by atoms with Crippen molar-refractivity contribution in [3.63, 3.8) is 0 Å². The molecule has 2 fully saturated rings. The van der Waals surface area contributed by atoms with Crippen molar-refractivity contribution in [3.05, 3.63) is 59.7 Å². The molecule has 2 aliphatic rings. The van der Waals surface area contributed by atoms with Crippen LogP contribution in [-0.2, 0) is 16.1 Å². The average molecular weight is 377 g/mol. The Kier molecular flexibility index (Phi) is 5.10. The Hall–Kier alpha value is -3.15. The number of carbonyl (C=O) groups is 3. The van der Waals surface area contributed by atoms with Crippen LogP contribution in [0.15, 0.2) is 48.5 Å². The summed E-state index contributed by atoms with van der Waals surface area (Å²) in [5.41, 5.74) is 3.24. The van der Waals surface area contributed by atoms with E-state index in [1.54, 1.807) is 24.3 Å². The number of hydrogen-bond acceptors (Lipinski definition) is 4. The van der Waals surface area contributed by atoms with Crippen LogP contribution in [-0.4, -0.2) is 35.7 Å². The zero-order valence-electron chi connectivity index (χ0n) is 15.7. The highest BCUT2D eigenvalue weighted by atomic mass is 16.2. The molecule has 2 aliphatic heterocycles. The summed E-state index contributed by atoms with van der Waals surface area (Å²) in [4.78, 5) is 39.8. The quantitative estimate of drug-likeness (QED) is 0.813. The molecular formula is C22H23N3O3. The fraction of sp³-hybridized carbons (Fsp3) is 0.318. The summed E-state index contributed by atoms with van der Waals surface area (Å²) in [6.07, 6.45) is 2.92. The van der Waals surface area contributed by atoms with E-state index in [4.69, 9.17) is 0 Å². The van der Waals surface area contributed by atoms with Gasteiger partial charge in [0.15, 0.2) is 0 Å². The number of nitrogens with zero attached hydrogens (tertiary/aromatic N) is 2. The molecule has 6 heteroatoms. The second-order valence-electron chi connectivity index (χ2n) is 7.24. The largest absolute Gasteiger partial charge is 0.370 e. The summed E-state index contributed by atoms with van der Waals surface area (Å²) in [7, 11) is 0. The van der Waals surface area contributed by atoms with E-state index in [9.17, 15) is 14.4 Å². The standard InChI is InChI=1S/C22H23N3O3/c26-20-11-12-21(27)25(20)15-16-7-9-17(10-8-16)22(28)23-18-5-1-2-6-19(18)24-13-3-4-14-24/h1-2,5-10H,3-4,11-15H2,(H,23,28). The maximum Gasteiger partial charge on any atom is 0.255 e. The minimum Gasteiger partial charge on any atom is -0.370 e. The highest BCUT2D eigenvalue weighted by Gasteiger charge is 2.28. The Labute approximate surface area is 164 Å². The monoisotopic (exact) mass is 377 g/mol. The number of hydrogen-bond donors (Lipinski definition) is 1. The van der Waals surface area contributed by atoms with E-state index in [1.807, 2.05) is 24.3 Å². The van der Waals surface area contributed by atoms with Gasteiger partial charge in [-0.15, -0.1) is 0 Å². The van der Waals surface area contributed by atoms with Crippen molar-refractivity contribution >= 4 is 29.1 Å². The number of carbonyl (C=O) groups excluding carboxylic acids is 3. The van der Waals surface area contributed by atoms with Gasteiger partial charge in [-0.25, -0.2) is 0 Å². The Bertz CT molecular complexity index is 885. The number of para-hydroxylation sites is 2. The second kappa shape index (κ2) is 7.84. The highest BCUT2D eigenvalue weighted by molar-refractivity contribution is 6.06. The lowest BCUT2D eigenvalue weighted by Gasteiger charge is -2.21. The molecule has 0 saturated carbocycles. The Morgan fingerprint density at radius 2 is 1.54 bits per heavy atom. The van der Waals surface area contributed by atoms with Crippen molar-refractivity contribution in [2.75, 3.05) is 23.3 Å². The third kappa shape index (κ3) is 3.76. The van der Waals surface area contributed by atoms with E-state index in [0.29, 0.717) is 5.56 Å². The molecule has 28 heavy (non-hydrogen) atoms. The van der Waals surface area contributed by atoms with Gasteiger partial charge in [-0.3, -0.25) is 19.3 Å². The molecule has 0 unspecified atom stereocenters. The van der Waals surface area contributed by atoms with Crippen LogP contribution in [0.4, 0.5) is 11.4 Å². The average Bonchev–Trinajstić information content (AvgIpc) is 3.35. The summed E-state index contributed by atoms with van der Waals surface area (Å²) in [5.74, 6) is -0.442. The molecule has 2 aromatic carbocycles. The summed E-state index contributed by atoms with van der Waals surface area (Å²) in [5, 5.41) is 3.01. The van der Waals surface area contributed by atoms with Crippen molar-refractivity contribution in [2.24, 2.45) is 0 Å². The Morgan fingerprint density at radius 1 is 0.893 bits per heavy atom. The fourth-order valence-corrected chi connectivity index (χ4v) is 3.75. The first-order valence-corrected chi connectivity index (χ1v) is 9.69. The molecule has 2 heterocycles. The van der Waals surface area contributed by atoms with Gasteiger partial charge in [0.25, 0.3) is 5.91 Å². The van der Waals surface area contributed by atoms with Crippen molar-refractivity contribution < 1.29 is 14.4 Å². The number of imide groups is 1. The molecule has 0 atom stereocenters. The summed E-state index contributed by atoms with van der Waals surface area (Å²) < 4.78 is 0. The third-order valence-corrected chi connectivity index (χ3v) is 5.31. The van der Waals surface area contributed by atoms with Gasteiger partial charge in [0.05, 0.1) is 17.9 Å². The summed E-state index contributed by atoms with van der Waals surface area (Å²) in [6.45, 7) is 2.28. The highest BCUT2D eigenvalue weighted by Crippen LogP contribution is 2.29. The van der Waals surface area contributed by atoms with Gasteiger partial charge < -0.3 is 10.2 Å². The zero-order chi connectivity index (χ0) is 19.5. The molecule has 0 aromatic heterocycles. The molecule has 3 amide bonds. The first kappa shape index (κ1) is 18.2. The van der Waals surface area contributed by atoms with Gasteiger partial charge in [0.2, 0.25) is 11.8 Å². The van der Waals surface area contributed by atoms with Gasteiger partial charge in [-0.2, -0.15) is 0 Å². The molecule has 2 aromatic rings. The molecule has 2 saturated heterocycles. The van der Waals surface area contributed by atoms with E-state index >= 15 is 0 Å². The van der Waals surface area contributed by atoms with Crippen LogP contribution < -0.4 is 10.2 Å². The van der Waals surface area contributed by atoms with E-state index in [0.717, 1.165) is 30.0 Å². The van der Waals surface area contributed by atoms with E-state index in [-0.39, 0.29) is 37.1 Å². The first-order chi connectivity index (χ1) is 13.6. The van der Waals surface area contributed by atoms with Crippen LogP contribution in [0, 0.1) is 0 Å². The van der Waals surface area contributed by atoms with Gasteiger partial charge in [-0.1, -0.05) is 24.3 Å². The van der Waals surface area contributed by atoms with Crippen LogP contribution in [0.25, 0.3) is 0 Å². The molecule has 4 rings (SSSR count). The third-order valence-electron chi connectivity index (χ3n) is 5.31. The van der Waals surface area contributed by atoms with Crippen molar-refractivity contribution in [1.29, 1.82) is 0 Å². The number of benzene rings is 2. The van der Waals surface area contributed by atoms with Crippen LogP contribution in [0.1, 0.15) is 41.6 Å². The lowest BCUT2D eigenvalue weighted by molar-refractivity contribution is -0.139. The number of nitrogens with one attached hydrogen (secondary N) is 1. The van der Waals surface area contributed by atoms with Crippen LogP contribution in [0.2, 0.25) is 0 Å². The molecule has 0 radical (unpaired) electrons. The van der Waals surface area contributed by atoms with E-state index < -0.39 is 0 Å². The summed E-state index contributed by atoms with van der Waals surface area (Å²) >= 11 is 0. The minimum absolute atomic E-state index is 0.134. The van der Waals surface area contributed by atoms with Crippen molar-refractivity contribution in [3.8, 4) is 0 Å². The van der Waals surface area contributed by atoms with Gasteiger partial charge in [-0.05, 0) is 42.7 Å². The van der Waals surface area contributed by atoms with E-state index in [1.165, 1.54) is 17.7 Å². The predicted octanol–water partition coefficient (Wildman–Crippen LogP) is 3.19.